The van der Waals surface area contributed by atoms with Crippen molar-refractivity contribution in [3.63, 3.8) is 0 Å². The molecule has 0 bridgehead atoms. The number of hydrogen-bond donors (Lipinski definition) is 0. The molecule has 0 amide bonds. The normalized spacial score (nSPS) is 12.2. The zero-order chi connectivity index (χ0) is 18.7. The van der Waals surface area contributed by atoms with Crippen LogP contribution in [0.15, 0.2) is 35.9 Å². The van der Waals surface area contributed by atoms with E-state index >= 15 is 0 Å². The summed E-state index contributed by atoms with van der Waals surface area (Å²) in [5.41, 5.74) is 4.47. The minimum Gasteiger partial charge on any atom is -0.497 e. The Morgan fingerprint density at radius 1 is 0.962 bits per heavy atom. The van der Waals surface area contributed by atoms with Crippen molar-refractivity contribution in [1.82, 2.24) is 0 Å². The minimum atomic E-state index is -0.316. The first-order valence-electron chi connectivity index (χ1n) is 8.42. The lowest BCUT2D eigenvalue weighted by Crippen LogP contribution is -2.09. The van der Waals surface area contributed by atoms with E-state index in [0.29, 0.717) is 30.1 Å². The number of hydrogen-bond acceptors (Lipinski definition) is 5. The van der Waals surface area contributed by atoms with Crippen LogP contribution in [0.4, 0.5) is 0 Å². The third-order valence-corrected chi connectivity index (χ3v) is 4.41. The smallest absolute Gasteiger partial charge is 0.334 e. The highest BCUT2D eigenvalue weighted by atomic mass is 16.5. The van der Waals surface area contributed by atoms with Crippen molar-refractivity contribution < 1.29 is 23.7 Å². The van der Waals surface area contributed by atoms with Gasteiger partial charge in [0.2, 0.25) is 0 Å². The molecule has 5 heteroatoms. The van der Waals surface area contributed by atoms with Gasteiger partial charge in [-0.25, -0.2) is 4.79 Å². The summed E-state index contributed by atoms with van der Waals surface area (Å²) in [7, 11) is 4.83. The van der Waals surface area contributed by atoms with Gasteiger partial charge in [-0.2, -0.15) is 0 Å². The maximum absolute atomic E-state index is 12.4. The van der Waals surface area contributed by atoms with E-state index in [9.17, 15) is 4.79 Å². The van der Waals surface area contributed by atoms with Crippen LogP contribution in [0, 0.1) is 0 Å². The van der Waals surface area contributed by atoms with Gasteiger partial charge in [-0.1, -0.05) is 6.07 Å². The monoisotopic (exact) mass is 354 g/mol. The van der Waals surface area contributed by atoms with E-state index in [2.05, 4.69) is 0 Å². The molecule has 0 N–H and O–H groups in total. The Morgan fingerprint density at radius 3 is 2.35 bits per heavy atom. The third kappa shape index (κ3) is 3.25. The highest BCUT2D eigenvalue weighted by molar-refractivity contribution is 5.98. The number of methoxy groups -OCH3 is 3. The Kier molecular flexibility index (Phi) is 5.16. The van der Waals surface area contributed by atoms with Gasteiger partial charge < -0.3 is 18.9 Å². The lowest BCUT2D eigenvalue weighted by molar-refractivity contribution is -0.138. The second kappa shape index (κ2) is 7.52. The van der Waals surface area contributed by atoms with E-state index in [4.69, 9.17) is 18.9 Å². The van der Waals surface area contributed by atoms with E-state index in [1.54, 1.807) is 28.3 Å². The lowest BCUT2D eigenvalue weighted by Gasteiger charge is -2.15. The molecule has 2 aromatic carbocycles. The Hall–Kier alpha value is -2.95. The third-order valence-electron chi connectivity index (χ3n) is 4.41. The fourth-order valence-corrected chi connectivity index (χ4v) is 3.15. The zero-order valence-electron chi connectivity index (χ0n) is 15.4. The van der Waals surface area contributed by atoms with Crippen molar-refractivity contribution in [2.75, 3.05) is 27.9 Å². The second-order valence-corrected chi connectivity index (χ2v) is 5.88. The molecule has 0 heterocycles. The quantitative estimate of drug-likeness (QED) is 0.763. The number of carbonyl (C=O) groups is 1. The van der Waals surface area contributed by atoms with Gasteiger partial charge in [-0.3, -0.25) is 0 Å². The molecule has 0 saturated carbocycles. The molecule has 26 heavy (non-hydrogen) atoms. The maximum atomic E-state index is 12.4. The first kappa shape index (κ1) is 17.9. The van der Waals surface area contributed by atoms with Crippen molar-refractivity contribution in [1.29, 1.82) is 0 Å². The number of esters is 1. The fraction of sp³-hybridized carbons (Fsp3) is 0.286. The molecule has 0 aliphatic heterocycles. The highest BCUT2D eigenvalue weighted by Crippen LogP contribution is 2.41. The molecule has 0 radical (unpaired) electrons. The highest BCUT2D eigenvalue weighted by Gasteiger charge is 2.22. The van der Waals surface area contributed by atoms with Gasteiger partial charge >= 0.3 is 5.97 Å². The predicted molar refractivity (Wildman–Crippen MR) is 99.8 cm³/mol. The fourth-order valence-electron chi connectivity index (χ4n) is 3.15. The number of carbonyl (C=O) groups excluding carboxylic acids is 1. The first-order chi connectivity index (χ1) is 12.6. The van der Waals surface area contributed by atoms with Crippen LogP contribution in [0.2, 0.25) is 0 Å². The molecule has 1 aliphatic rings. The van der Waals surface area contributed by atoms with Gasteiger partial charge in [-0.15, -0.1) is 0 Å². The van der Waals surface area contributed by atoms with Gasteiger partial charge in [0, 0.05) is 12.0 Å². The van der Waals surface area contributed by atoms with Crippen LogP contribution in [0.3, 0.4) is 0 Å². The van der Waals surface area contributed by atoms with Crippen LogP contribution in [0.25, 0.3) is 17.2 Å². The second-order valence-electron chi connectivity index (χ2n) is 5.88. The van der Waals surface area contributed by atoms with Crippen molar-refractivity contribution >= 4 is 12.0 Å². The van der Waals surface area contributed by atoms with Gasteiger partial charge in [0.05, 0.1) is 27.9 Å². The van der Waals surface area contributed by atoms with E-state index in [-0.39, 0.29) is 5.97 Å². The molecule has 0 unspecified atom stereocenters. The average molecular weight is 354 g/mol. The summed E-state index contributed by atoms with van der Waals surface area (Å²) in [6.45, 7) is 2.13. The van der Waals surface area contributed by atoms with E-state index < -0.39 is 0 Å². The molecule has 5 nitrogen and oxygen atoms in total. The molecule has 0 saturated heterocycles. The van der Waals surface area contributed by atoms with Gasteiger partial charge in [0.15, 0.2) is 11.5 Å². The van der Waals surface area contributed by atoms with Crippen LogP contribution < -0.4 is 14.2 Å². The van der Waals surface area contributed by atoms with Crippen molar-refractivity contribution in [3.8, 4) is 28.4 Å². The van der Waals surface area contributed by atoms with E-state index in [0.717, 1.165) is 28.0 Å². The summed E-state index contributed by atoms with van der Waals surface area (Å²) in [4.78, 5) is 12.4. The molecule has 136 valence electrons. The number of ether oxygens (including phenoxy) is 4. The topological polar surface area (TPSA) is 54.0 Å². The van der Waals surface area contributed by atoms with E-state index in [1.165, 1.54) is 0 Å². The number of rotatable bonds is 5. The maximum Gasteiger partial charge on any atom is 0.334 e. The van der Waals surface area contributed by atoms with Crippen LogP contribution in [0.1, 0.15) is 18.1 Å². The summed E-state index contributed by atoms with van der Waals surface area (Å²) in [6, 6.07) is 9.67. The zero-order valence-corrected chi connectivity index (χ0v) is 15.4. The summed E-state index contributed by atoms with van der Waals surface area (Å²) in [6.07, 6.45) is 2.32. The van der Waals surface area contributed by atoms with Crippen molar-refractivity contribution in [3.05, 3.63) is 47.0 Å². The summed E-state index contributed by atoms with van der Waals surface area (Å²) in [5, 5.41) is 0. The molecule has 0 spiro atoms. The van der Waals surface area contributed by atoms with Gasteiger partial charge in [-0.05, 0) is 59.5 Å². The molecular formula is C21H22O5. The molecular weight excluding hydrogens is 332 g/mol. The molecule has 0 aromatic heterocycles. The van der Waals surface area contributed by atoms with Crippen molar-refractivity contribution in [2.45, 2.75) is 13.3 Å². The lowest BCUT2D eigenvalue weighted by atomic mass is 9.95. The number of fused-ring (bicyclic) bond motifs is 3. The molecule has 3 rings (SSSR count). The Morgan fingerprint density at radius 2 is 1.69 bits per heavy atom. The molecule has 2 aromatic rings. The Labute approximate surface area is 153 Å². The summed E-state index contributed by atoms with van der Waals surface area (Å²) < 4.78 is 21.5. The van der Waals surface area contributed by atoms with E-state index in [1.807, 2.05) is 36.4 Å². The Balaban J connectivity index is 2.23. The van der Waals surface area contributed by atoms with Crippen LogP contribution in [-0.2, 0) is 16.0 Å². The SMILES string of the molecule is CCOC(=O)C1=Cc2cc(OC)ccc2-c2cc(OC)c(OC)cc2C1. The summed E-state index contributed by atoms with van der Waals surface area (Å²) >= 11 is 0. The van der Waals surface area contributed by atoms with Crippen LogP contribution in [-0.4, -0.2) is 33.9 Å². The largest absolute Gasteiger partial charge is 0.497 e. The van der Waals surface area contributed by atoms with Gasteiger partial charge in [0.25, 0.3) is 0 Å². The molecule has 1 aliphatic carbocycles. The average Bonchev–Trinajstić information content (AvgIpc) is 2.82. The van der Waals surface area contributed by atoms with Crippen LogP contribution in [0.5, 0.6) is 17.2 Å². The van der Waals surface area contributed by atoms with Gasteiger partial charge in [0.1, 0.15) is 5.75 Å². The number of benzene rings is 2. The van der Waals surface area contributed by atoms with Crippen LogP contribution >= 0.6 is 0 Å². The molecule has 0 atom stereocenters. The standard InChI is InChI=1S/C21H22O5/c1-5-26-21(22)15-8-13-10-16(23-2)6-7-17(13)18-12-20(25-4)19(24-3)11-14(18)9-15/h6-8,10-12H,5,9H2,1-4H3. The first-order valence-corrected chi connectivity index (χ1v) is 8.42. The van der Waals surface area contributed by atoms with Crippen molar-refractivity contribution in [2.24, 2.45) is 0 Å². The Bertz CT molecular complexity index is 867. The minimum absolute atomic E-state index is 0.316. The molecule has 0 fully saturated rings. The predicted octanol–water partition coefficient (Wildman–Crippen LogP) is 3.88. The summed E-state index contributed by atoms with van der Waals surface area (Å²) in [5.74, 6) is 1.69.